The van der Waals surface area contributed by atoms with Gasteiger partial charge in [-0.3, -0.25) is 4.79 Å². The van der Waals surface area contributed by atoms with E-state index in [1.807, 2.05) is 0 Å². The van der Waals surface area contributed by atoms with Gasteiger partial charge in [0.2, 0.25) is 5.91 Å². The highest BCUT2D eigenvalue weighted by Gasteiger charge is 2.23. The van der Waals surface area contributed by atoms with Crippen molar-refractivity contribution < 1.29 is 13.2 Å². The molecule has 0 aliphatic carbocycles. The summed E-state index contributed by atoms with van der Waals surface area (Å²) < 4.78 is 22.4. The summed E-state index contributed by atoms with van der Waals surface area (Å²) in [5.74, 6) is 0.839. The lowest BCUT2D eigenvalue weighted by Crippen LogP contribution is -2.35. The quantitative estimate of drug-likeness (QED) is 0.725. The second-order valence-electron chi connectivity index (χ2n) is 5.45. The molecule has 0 spiro atoms. The summed E-state index contributed by atoms with van der Waals surface area (Å²) in [4.78, 5) is 11.8. The Morgan fingerprint density at radius 1 is 1.42 bits per heavy atom. The summed E-state index contributed by atoms with van der Waals surface area (Å²) in [5.41, 5.74) is 5.56. The van der Waals surface area contributed by atoms with Gasteiger partial charge in [-0.05, 0) is 37.3 Å². The van der Waals surface area contributed by atoms with Crippen molar-refractivity contribution in [2.24, 2.45) is 17.6 Å². The Hall–Kier alpha value is -0.880. The minimum Gasteiger partial charge on any atom is -0.349 e. The molecule has 0 aromatic heterocycles. The second-order valence-corrected chi connectivity index (χ2v) is 7.38. The van der Waals surface area contributed by atoms with E-state index >= 15 is 0 Å². The van der Waals surface area contributed by atoms with Crippen LogP contribution < -0.4 is 11.1 Å². The molecule has 5 nitrogen and oxygen atoms in total. The topological polar surface area (TPSA) is 89.3 Å². The standard InChI is InChI=1S/C13H24N2O3S/c1-10(2)11(5-7-14)3-4-13(16)15-12-6-8-19(17,18)9-12/h6,8,10-12H,3-5,7,9,14H2,1-2H3,(H,15,16). The fraction of sp³-hybridized carbons (Fsp3) is 0.769. The molecule has 0 aromatic rings. The zero-order valence-electron chi connectivity index (χ0n) is 11.6. The van der Waals surface area contributed by atoms with E-state index in [2.05, 4.69) is 19.2 Å². The largest absolute Gasteiger partial charge is 0.349 e. The molecular formula is C13H24N2O3S. The van der Waals surface area contributed by atoms with Crippen molar-refractivity contribution >= 4 is 15.7 Å². The first kappa shape index (κ1) is 16.2. The van der Waals surface area contributed by atoms with Crippen LogP contribution in [0.2, 0.25) is 0 Å². The third kappa shape index (κ3) is 5.74. The van der Waals surface area contributed by atoms with E-state index in [0.29, 0.717) is 24.8 Å². The molecule has 0 saturated carbocycles. The highest BCUT2D eigenvalue weighted by molar-refractivity contribution is 7.94. The summed E-state index contributed by atoms with van der Waals surface area (Å²) in [5, 5.41) is 3.90. The molecule has 0 aromatic carbocycles. The van der Waals surface area contributed by atoms with E-state index in [9.17, 15) is 13.2 Å². The van der Waals surface area contributed by atoms with Crippen molar-refractivity contribution in [1.82, 2.24) is 5.32 Å². The molecule has 0 radical (unpaired) electrons. The number of hydrogen-bond acceptors (Lipinski definition) is 4. The molecule has 0 fully saturated rings. The van der Waals surface area contributed by atoms with Crippen molar-refractivity contribution in [3.63, 3.8) is 0 Å². The first-order chi connectivity index (χ1) is 8.84. The minimum absolute atomic E-state index is 0.0187. The number of hydrogen-bond donors (Lipinski definition) is 2. The molecule has 2 unspecified atom stereocenters. The molecule has 110 valence electrons. The number of sulfone groups is 1. The van der Waals surface area contributed by atoms with Crippen molar-refractivity contribution in [3.05, 3.63) is 11.5 Å². The van der Waals surface area contributed by atoms with Gasteiger partial charge in [0.1, 0.15) is 0 Å². The van der Waals surface area contributed by atoms with Gasteiger partial charge in [0, 0.05) is 11.8 Å². The number of nitrogens with two attached hydrogens (primary N) is 1. The lowest BCUT2D eigenvalue weighted by Gasteiger charge is -2.20. The summed E-state index contributed by atoms with van der Waals surface area (Å²) >= 11 is 0. The van der Waals surface area contributed by atoms with Crippen molar-refractivity contribution in [1.29, 1.82) is 0 Å². The zero-order valence-corrected chi connectivity index (χ0v) is 12.4. The third-order valence-corrected chi connectivity index (χ3v) is 4.89. The van der Waals surface area contributed by atoms with Crippen LogP contribution in [-0.2, 0) is 14.6 Å². The normalized spacial score (nSPS) is 22.6. The maximum Gasteiger partial charge on any atom is 0.220 e. The maximum atomic E-state index is 11.8. The van der Waals surface area contributed by atoms with E-state index in [1.54, 1.807) is 0 Å². The molecule has 0 saturated heterocycles. The van der Waals surface area contributed by atoms with Gasteiger partial charge in [-0.2, -0.15) is 0 Å². The maximum absolute atomic E-state index is 11.8. The average molecular weight is 288 g/mol. The van der Waals surface area contributed by atoms with Crippen LogP contribution >= 0.6 is 0 Å². The number of carbonyl (C=O) groups excluding carboxylic acids is 1. The summed E-state index contributed by atoms with van der Waals surface area (Å²) in [6, 6.07) is -0.371. The van der Waals surface area contributed by atoms with E-state index < -0.39 is 9.84 Å². The smallest absolute Gasteiger partial charge is 0.220 e. The number of nitrogens with one attached hydrogen (secondary N) is 1. The fourth-order valence-corrected chi connectivity index (χ4v) is 3.52. The van der Waals surface area contributed by atoms with Gasteiger partial charge in [-0.15, -0.1) is 0 Å². The Balaban J connectivity index is 2.34. The summed E-state index contributed by atoms with van der Waals surface area (Å²) in [6.07, 6.45) is 3.67. The molecule has 6 heteroatoms. The van der Waals surface area contributed by atoms with Crippen LogP contribution in [0.25, 0.3) is 0 Å². The molecule has 1 aliphatic rings. The number of rotatable bonds is 7. The summed E-state index contributed by atoms with van der Waals surface area (Å²) in [7, 11) is -3.11. The van der Waals surface area contributed by atoms with Gasteiger partial charge in [-0.25, -0.2) is 8.42 Å². The molecule has 0 bridgehead atoms. The molecule has 1 heterocycles. The molecule has 1 rings (SSSR count). The van der Waals surface area contributed by atoms with E-state index in [0.717, 1.165) is 12.8 Å². The van der Waals surface area contributed by atoms with Gasteiger partial charge < -0.3 is 11.1 Å². The predicted molar refractivity (Wildman–Crippen MR) is 76.1 cm³/mol. The van der Waals surface area contributed by atoms with Gasteiger partial charge in [0.15, 0.2) is 9.84 Å². The van der Waals surface area contributed by atoms with Crippen LogP contribution in [0.1, 0.15) is 33.1 Å². The molecule has 2 atom stereocenters. The molecule has 1 amide bonds. The van der Waals surface area contributed by atoms with Crippen LogP contribution in [0.5, 0.6) is 0 Å². The zero-order chi connectivity index (χ0) is 14.5. The Bertz CT molecular complexity index is 429. The van der Waals surface area contributed by atoms with E-state index in [4.69, 9.17) is 5.73 Å². The third-order valence-electron chi connectivity index (χ3n) is 3.50. The van der Waals surface area contributed by atoms with Gasteiger partial charge in [-0.1, -0.05) is 13.8 Å². The fourth-order valence-electron chi connectivity index (χ4n) is 2.29. The van der Waals surface area contributed by atoms with Crippen LogP contribution in [0, 0.1) is 11.8 Å². The first-order valence-electron chi connectivity index (χ1n) is 6.74. The van der Waals surface area contributed by atoms with Crippen molar-refractivity contribution in [3.8, 4) is 0 Å². The van der Waals surface area contributed by atoms with Gasteiger partial charge in [0.25, 0.3) is 0 Å². The number of amides is 1. The molecule has 1 aliphatic heterocycles. The van der Waals surface area contributed by atoms with Crippen LogP contribution in [-0.4, -0.2) is 32.7 Å². The molecule has 19 heavy (non-hydrogen) atoms. The van der Waals surface area contributed by atoms with Crippen molar-refractivity contribution in [2.75, 3.05) is 12.3 Å². The minimum atomic E-state index is -3.11. The van der Waals surface area contributed by atoms with Crippen molar-refractivity contribution in [2.45, 2.75) is 39.2 Å². The van der Waals surface area contributed by atoms with Crippen LogP contribution in [0.4, 0.5) is 0 Å². The Kier molecular flexibility index (Phi) is 6.00. The highest BCUT2D eigenvalue weighted by atomic mass is 32.2. The van der Waals surface area contributed by atoms with E-state index in [-0.39, 0.29) is 17.7 Å². The monoisotopic (exact) mass is 288 g/mol. The molecular weight excluding hydrogens is 264 g/mol. The van der Waals surface area contributed by atoms with Crippen LogP contribution in [0.3, 0.4) is 0 Å². The highest BCUT2D eigenvalue weighted by Crippen LogP contribution is 2.20. The van der Waals surface area contributed by atoms with Crippen LogP contribution in [0.15, 0.2) is 11.5 Å². The van der Waals surface area contributed by atoms with E-state index in [1.165, 1.54) is 11.5 Å². The van der Waals surface area contributed by atoms with Gasteiger partial charge >= 0.3 is 0 Å². The Labute approximate surface area is 115 Å². The summed E-state index contributed by atoms with van der Waals surface area (Å²) in [6.45, 7) is 4.89. The lowest BCUT2D eigenvalue weighted by molar-refractivity contribution is -0.121. The Morgan fingerprint density at radius 3 is 2.58 bits per heavy atom. The second kappa shape index (κ2) is 7.05. The first-order valence-corrected chi connectivity index (χ1v) is 8.46. The lowest BCUT2D eigenvalue weighted by atomic mass is 9.88. The molecule has 3 N–H and O–H groups in total. The number of carbonyl (C=O) groups is 1. The predicted octanol–water partition coefficient (Wildman–Crippen LogP) is 0.815. The SMILES string of the molecule is CC(C)C(CCN)CCC(=O)NC1C=CS(=O)(=O)C1. The van der Waals surface area contributed by atoms with Gasteiger partial charge in [0.05, 0.1) is 11.8 Å². The Morgan fingerprint density at radius 2 is 2.11 bits per heavy atom. The average Bonchev–Trinajstić information content (AvgIpc) is 2.63.